The third-order valence-electron chi connectivity index (χ3n) is 5.19. The predicted octanol–water partition coefficient (Wildman–Crippen LogP) is 3.86. The van der Waals surface area contributed by atoms with E-state index in [-0.39, 0.29) is 17.9 Å². The molecule has 1 aromatic carbocycles. The van der Waals surface area contributed by atoms with Crippen LogP contribution in [-0.4, -0.2) is 26.0 Å². The summed E-state index contributed by atoms with van der Waals surface area (Å²) in [6.07, 6.45) is 6.71. The summed E-state index contributed by atoms with van der Waals surface area (Å²) in [5, 5.41) is 3.09. The normalized spacial score (nSPS) is 21.4. The zero-order valence-corrected chi connectivity index (χ0v) is 16.1. The number of nitrogens with one attached hydrogen (secondary N) is 2. The molecule has 1 unspecified atom stereocenters. The molecule has 1 fully saturated rings. The highest BCUT2D eigenvalue weighted by atomic mass is 35.5. The van der Waals surface area contributed by atoms with Crippen LogP contribution in [0.5, 0.6) is 0 Å². The van der Waals surface area contributed by atoms with Crippen LogP contribution in [0.15, 0.2) is 36.9 Å². The smallest absolute Gasteiger partial charge is 0.223 e. The predicted molar refractivity (Wildman–Crippen MR) is 106 cm³/mol. The maximum absolute atomic E-state index is 12.4. The first-order valence-corrected chi connectivity index (χ1v) is 9.44. The lowest BCUT2D eigenvalue weighted by Crippen LogP contribution is -2.37. The van der Waals surface area contributed by atoms with E-state index in [2.05, 4.69) is 45.9 Å². The highest BCUT2D eigenvalue weighted by Crippen LogP contribution is 2.32. The van der Waals surface area contributed by atoms with E-state index in [4.69, 9.17) is 11.8 Å². The molecule has 25 heavy (non-hydrogen) atoms. The number of halogens is 1. The first kappa shape index (κ1) is 19.8. The SMILES string of the molecule is C=CCC(NCl)C1CCC(C(=O)NCc2ccc(N(C)C)cc2)CC1. The van der Waals surface area contributed by atoms with E-state index in [1.54, 1.807) is 0 Å². The fraction of sp³-hybridized carbons (Fsp3) is 0.550. The van der Waals surface area contributed by atoms with E-state index in [0.717, 1.165) is 43.4 Å². The molecular weight excluding hydrogens is 334 g/mol. The Bertz CT molecular complexity index is 551. The lowest BCUT2D eigenvalue weighted by atomic mass is 9.77. The second-order valence-electron chi connectivity index (χ2n) is 7.13. The molecule has 1 aliphatic carbocycles. The van der Waals surface area contributed by atoms with Crippen molar-refractivity contribution < 1.29 is 4.79 Å². The molecule has 138 valence electrons. The van der Waals surface area contributed by atoms with Gasteiger partial charge in [0, 0.05) is 38.3 Å². The zero-order chi connectivity index (χ0) is 18.2. The topological polar surface area (TPSA) is 44.4 Å². The van der Waals surface area contributed by atoms with Crippen LogP contribution < -0.4 is 15.1 Å². The second kappa shape index (κ2) is 9.83. The minimum atomic E-state index is 0.122. The summed E-state index contributed by atoms with van der Waals surface area (Å²) >= 11 is 5.85. The van der Waals surface area contributed by atoms with E-state index in [1.165, 1.54) is 0 Å². The Morgan fingerprint density at radius 1 is 1.28 bits per heavy atom. The molecule has 1 atom stereocenters. The van der Waals surface area contributed by atoms with Crippen molar-refractivity contribution in [2.45, 2.75) is 44.7 Å². The quantitative estimate of drug-likeness (QED) is 0.544. The monoisotopic (exact) mass is 363 g/mol. The molecule has 2 rings (SSSR count). The Hall–Kier alpha value is -1.52. The molecule has 0 aliphatic heterocycles. The van der Waals surface area contributed by atoms with Gasteiger partial charge in [0.2, 0.25) is 5.91 Å². The molecular formula is C20H30ClN3O. The van der Waals surface area contributed by atoms with Crippen molar-refractivity contribution in [1.29, 1.82) is 0 Å². The molecule has 1 saturated carbocycles. The van der Waals surface area contributed by atoms with Gasteiger partial charge in [0.1, 0.15) is 0 Å². The van der Waals surface area contributed by atoms with Gasteiger partial charge in [0.25, 0.3) is 0 Å². The van der Waals surface area contributed by atoms with Crippen LogP contribution in [0.2, 0.25) is 0 Å². The van der Waals surface area contributed by atoms with Crippen LogP contribution >= 0.6 is 11.8 Å². The Balaban J connectivity index is 1.77. The summed E-state index contributed by atoms with van der Waals surface area (Å²) < 4.78 is 0. The zero-order valence-electron chi connectivity index (χ0n) is 15.3. The highest BCUT2D eigenvalue weighted by Gasteiger charge is 2.29. The van der Waals surface area contributed by atoms with Gasteiger partial charge in [0.05, 0.1) is 0 Å². The van der Waals surface area contributed by atoms with Gasteiger partial charge in [-0.15, -0.1) is 6.58 Å². The van der Waals surface area contributed by atoms with Crippen molar-refractivity contribution in [1.82, 2.24) is 10.2 Å². The molecule has 0 spiro atoms. The molecule has 1 amide bonds. The standard InChI is InChI=1S/C20H30ClN3O/c1-4-5-19(23-21)16-8-10-17(11-9-16)20(25)22-14-15-6-12-18(13-7-15)24(2)3/h4,6-7,12-13,16-17,19,23H,1,5,8-11,14H2,2-3H3,(H,22,25). The van der Waals surface area contributed by atoms with Crippen molar-refractivity contribution >= 4 is 23.4 Å². The van der Waals surface area contributed by atoms with Crippen molar-refractivity contribution in [3.8, 4) is 0 Å². The number of carbonyl (C=O) groups is 1. The van der Waals surface area contributed by atoms with E-state index >= 15 is 0 Å². The van der Waals surface area contributed by atoms with Crippen molar-refractivity contribution in [3.63, 3.8) is 0 Å². The highest BCUT2D eigenvalue weighted by molar-refractivity contribution is 6.13. The van der Waals surface area contributed by atoms with Gasteiger partial charge >= 0.3 is 0 Å². The van der Waals surface area contributed by atoms with Crippen LogP contribution in [-0.2, 0) is 11.3 Å². The Morgan fingerprint density at radius 2 is 1.92 bits per heavy atom. The summed E-state index contributed by atoms with van der Waals surface area (Å²) in [7, 11) is 4.04. The van der Waals surface area contributed by atoms with Crippen LogP contribution in [0.25, 0.3) is 0 Å². The molecule has 0 heterocycles. The molecule has 4 nitrogen and oxygen atoms in total. The van der Waals surface area contributed by atoms with Crippen LogP contribution in [0.1, 0.15) is 37.7 Å². The summed E-state index contributed by atoms with van der Waals surface area (Å²) in [6, 6.07) is 8.55. The van der Waals surface area contributed by atoms with Crippen molar-refractivity contribution in [3.05, 3.63) is 42.5 Å². The molecule has 0 aromatic heterocycles. The number of carbonyl (C=O) groups excluding carboxylic acids is 1. The fourth-order valence-electron chi connectivity index (χ4n) is 3.53. The Labute approximate surface area is 156 Å². The third kappa shape index (κ3) is 5.75. The van der Waals surface area contributed by atoms with Crippen LogP contribution in [0.3, 0.4) is 0 Å². The molecule has 5 heteroatoms. The maximum atomic E-state index is 12.4. The summed E-state index contributed by atoms with van der Waals surface area (Å²) in [5.74, 6) is 0.823. The average Bonchev–Trinajstić information content (AvgIpc) is 2.64. The number of hydrogen-bond donors (Lipinski definition) is 2. The summed E-state index contributed by atoms with van der Waals surface area (Å²) in [5.41, 5.74) is 2.29. The van der Waals surface area contributed by atoms with Gasteiger partial charge in [0.15, 0.2) is 0 Å². The molecule has 2 N–H and O–H groups in total. The molecule has 1 aliphatic rings. The molecule has 0 saturated heterocycles. The Morgan fingerprint density at radius 3 is 2.44 bits per heavy atom. The fourth-order valence-corrected chi connectivity index (χ4v) is 3.80. The Kier molecular flexibility index (Phi) is 7.79. The average molecular weight is 364 g/mol. The number of rotatable bonds is 8. The van der Waals surface area contributed by atoms with E-state index in [1.807, 2.05) is 20.2 Å². The molecule has 1 aromatic rings. The van der Waals surface area contributed by atoms with E-state index in [0.29, 0.717) is 12.5 Å². The number of hydrogen-bond acceptors (Lipinski definition) is 3. The van der Waals surface area contributed by atoms with Gasteiger partial charge in [-0.25, -0.2) is 4.84 Å². The lowest BCUT2D eigenvalue weighted by Gasteiger charge is -2.32. The molecule has 0 bridgehead atoms. The van der Waals surface area contributed by atoms with Gasteiger partial charge < -0.3 is 10.2 Å². The van der Waals surface area contributed by atoms with E-state index < -0.39 is 0 Å². The first-order chi connectivity index (χ1) is 12.0. The third-order valence-corrected chi connectivity index (χ3v) is 5.47. The first-order valence-electron chi connectivity index (χ1n) is 9.06. The minimum absolute atomic E-state index is 0.122. The number of anilines is 1. The van der Waals surface area contributed by atoms with Gasteiger partial charge in [-0.3, -0.25) is 4.79 Å². The summed E-state index contributed by atoms with van der Waals surface area (Å²) in [4.78, 5) is 17.4. The van der Waals surface area contributed by atoms with Crippen molar-refractivity contribution in [2.24, 2.45) is 11.8 Å². The minimum Gasteiger partial charge on any atom is -0.378 e. The summed E-state index contributed by atoms with van der Waals surface area (Å²) in [6.45, 7) is 4.38. The second-order valence-corrected chi connectivity index (χ2v) is 7.35. The molecule has 0 radical (unpaired) electrons. The van der Waals surface area contributed by atoms with Crippen molar-refractivity contribution in [2.75, 3.05) is 19.0 Å². The maximum Gasteiger partial charge on any atom is 0.223 e. The van der Waals surface area contributed by atoms with E-state index in [9.17, 15) is 4.79 Å². The largest absolute Gasteiger partial charge is 0.378 e. The van der Waals surface area contributed by atoms with Gasteiger partial charge in [-0.1, -0.05) is 18.2 Å². The van der Waals surface area contributed by atoms with Gasteiger partial charge in [-0.2, -0.15) is 0 Å². The van der Waals surface area contributed by atoms with Crippen LogP contribution in [0, 0.1) is 11.8 Å². The number of nitrogens with zero attached hydrogens (tertiary/aromatic N) is 1. The van der Waals surface area contributed by atoms with Gasteiger partial charge in [-0.05, 0) is 67.5 Å². The lowest BCUT2D eigenvalue weighted by molar-refractivity contribution is -0.126. The van der Waals surface area contributed by atoms with Crippen LogP contribution in [0.4, 0.5) is 5.69 Å². The number of amides is 1. The number of benzene rings is 1.